The Morgan fingerprint density at radius 2 is 1.80 bits per heavy atom. The lowest BCUT2D eigenvalue weighted by molar-refractivity contribution is -0.150. The lowest BCUT2D eigenvalue weighted by atomic mass is 10.1. The molecule has 0 rings (SSSR count). The van der Waals surface area contributed by atoms with Gasteiger partial charge < -0.3 is 15.1 Å². The highest BCUT2D eigenvalue weighted by Gasteiger charge is 2.28. The van der Waals surface area contributed by atoms with Gasteiger partial charge in [-0.05, 0) is 20.3 Å². The third kappa shape index (κ3) is 6.92. The Morgan fingerprint density at radius 1 is 1.20 bits per heavy atom. The predicted octanol–water partition coefficient (Wildman–Crippen LogP) is 1.90. The number of carbonyl (C=O) groups is 3. The van der Waals surface area contributed by atoms with Crippen LogP contribution in [0.25, 0.3) is 0 Å². The fourth-order valence-electron chi connectivity index (χ4n) is 1.78. The van der Waals surface area contributed by atoms with E-state index in [1.165, 1.54) is 6.08 Å². The Labute approximate surface area is 119 Å². The Kier molecular flexibility index (Phi) is 8.27. The van der Waals surface area contributed by atoms with Gasteiger partial charge in [0.15, 0.2) is 0 Å². The smallest absolute Gasteiger partial charge is 0.326 e. The maximum atomic E-state index is 12.1. The van der Waals surface area contributed by atoms with E-state index >= 15 is 0 Å². The molecule has 0 aliphatic heterocycles. The molecule has 0 saturated carbocycles. The highest BCUT2D eigenvalue weighted by molar-refractivity contribution is 5.91. The van der Waals surface area contributed by atoms with Crippen molar-refractivity contribution in [1.29, 1.82) is 0 Å². The van der Waals surface area contributed by atoms with Gasteiger partial charge in [-0.15, -0.1) is 0 Å². The molecule has 0 heterocycles. The number of carbonyl (C=O) groups excluding carboxylic acids is 1. The largest absolute Gasteiger partial charge is 0.481 e. The lowest BCUT2D eigenvalue weighted by Gasteiger charge is -2.27. The Hall–Kier alpha value is -1.85. The summed E-state index contributed by atoms with van der Waals surface area (Å²) < 4.78 is 0. The average molecular weight is 285 g/mol. The van der Waals surface area contributed by atoms with E-state index in [1.807, 2.05) is 6.92 Å². The van der Waals surface area contributed by atoms with Gasteiger partial charge in [0.1, 0.15) is 6.04 Å². The maximum absolute atomic E-state index is 12.1. The summed E-state index contributed by atoms with van der Waals surface area (Å²) in [4.78, 5) is 35.2. The summed E-state index contributed by atoms with van der Waals surface area (Å²) in [6, 6.07) is -0.975. The van der Waals surface area contributed by atoms with Gasteiger partial charge in [0.25, 0.3) is 0 Å². The van der Waals surface area contributed by atoms with Crippen molar-refractivity contribution in [3.63, 3.8) is 0 Å². The molecule has 6 nitrogen and oxygen atoms in total. The molecular formula is C14H23NO5. The molecule has 0 aromatic heterocycles. The fraction of sp³-hybridized carbons (Fsp3) is 0.643. The number of allylic oxidation sites excluding steroid dienone is 1. The molecule has 1 unspecified atom stereocenters. The van der Waals surface area contributed by atoms with Crippen LogP contribution in [0.2, 0.25) is 0 Å². The highest BCUT2D eigenvalue weighted by Crippen LogP contribution is 2.12. The van der Waals surface area contributed by atoms with Crippen molar-refractivity contribution in [3.8, 4) is 0 Å². The predicted molar refractivity (Wildman–Crippen MR) is 74.3 cm³/mol. The van der Waals surface area contributed by atoms with Crippen LogP contribution in [0.5, 0.6) is 0 Å². The van der Waals surface area contributed by atoms with Crippen molar-refractivity contribution >= 4 is 17.8 Å². The van der Waals surface area contributed by atoms with Crippen LogP contribution in [-0.4, -0.2) is 45.5 Å². The molecule has 0 aromatic rings. The first-order valence-corrected chi connectivity index (χ1v) is 6.69. The summed E-state index contributed by atoms with van der Waals surface area (Å²) in [7, 11) is 0. The molecule has 0 radical (unpaired) electrons. The van der Waals surface area contributed by atoms with Crippen LogP contribution in [0.3, 0.4) is 0 Å². The molecule has 20 heavy (non-hydrogen) atoms. The Bertz CT molecular complexity index is 385. The number of unbranched alkanes of at least 4 members (excludes halogenated alkanes) is 1. The maximum Gasteiger partial charge on any atom is 0.326 e. The molecule has 0 fully saturated rings. The number of rotatable bonds is 9. The van der Waals surface area contributed by atoms with Crippen LogP contribution < -0.4 is 0 Å². The second-order valence-corrected chi connectivity index (χ2v) is 4.89. The zero-order chi connectivity index (χ0) is 15.7. The van der Waals surface area contributed by atoms with Gasteiger partial charge in [-0.2, -0.15) is 0 Å². The van der Waals surface area contributed by atoms with E-state index in [4.69, 9.17) is 5.11 Å². The normalized spacial score (nSPS) is 11.6. The average Bonchev–Trinajstić information content (AvgIpc) is 2.31. The zero-order valence-corrected chi connectivity index (χ0v) is 12.3. The third-order valence-corrected chi connectivity index (χ3v) is 2.75. The number of hydrogen-bond donors (Lipinski definition) is 2. The molecule has 0 saturated heterocycles. The topological polar surface area (TPSA) is 94.9 Å². The number of aliphatic carboxylic acids is 2. The Balaban J connectivity index is 5.12. The number of hydrogen-bond acceptors (Lipinski definition) is 3. The van der Waals surface area contributed by atoms with E-state index in [1.54, 1.807) is 13.8 Å². The van der Waals surface area contributed by atoms with Crippen LogP contribution in [0.4, 0.5) is 0 Å². The van der Waals surface area contributed by atoms with Crippen LogP contribution in [0, 0.1) is 0 Å². The molecule has 1 amide bonds. The molecule has 6 heteroatoms. The van der Waals surface area contributed by atoms with Gasteiger partial charge in [0, 0.05) is 12.6 Å². The summed E-state index contributed by atoms with van der Waals surface area (Å²) in [5.41, 5.74) is 0.745. The summed E-state index contributed by atoms with van der Waals surface area (Å²) in [6.07, 6.45) is 2.88. The van der Waals surface area contributed by atoms with Crippen LogP contribution in [0.15, 0.2) is 11.6 Å². The standard InChI is InChI=1S/C14H23NO5/c1-4-5-6-11(14(19)20)15(8-7-13(17)18)12(16)9-10(2)3/h9,11H,4-8H2,1-3H3,(H,17,18)(H,19,20). The van der Waals surface area contributed by atoms with Crippen molar-refractivity contribution in [2.75, 3.05) is 6.54 Å². The molecule has 114 valence electrons. The van der Waals surface area contributed by atoms with Crippen LogP contribution in [-0.2, 0) is 14.4 Å². The van der Waals surface area contributed by atoms with E-state index in [0.717, 1.165) is 16.9 Å². The summed E-state index contributed by atoms with van der Waals surface area (Å²) in [5, 5.41) is 18.0. The van der Waals surface area contributed by atoms with Gasteiger partial charge in [-0.25, -0.2) is 4.79 Å². The summed E-state index contributed by atoms with van der Waals surface area (Å²) in [6.45, 7) is 5.29. The first-order chi connectivity index (χ1) is 9.29. The van der Waals surface area contributed by atoms with E-state index in [0.29, 0.717) is 12.8 Å². The number of nitrogens with zero attached hydrogens (tertiary/aromatic N) is 1. The highest BCUT2D eigenvalue weighted by atomic mass is 16.4. The number of amides is 1. The van der Waals surface area contributed by atoms with Crippen molar-refractivity contribution in [2.24, 2.45) is 0 Å². The zero-order valence-electron chi connectivity index (χ0n) is 12.3. The van der Waals surface area contributed by atoms with E-state index < -0.39 is 23.9 Å². The monoisotopic (exact) mass is 285 g/mol. The van der Waals surface area contributed by atoms with E-state index in [2.05, 4.69) is 0 Å². The lowest BCUT2D eigenvalue weighted by Crippen LogP contribution is -2.45. The number of carboxylic acid groups (broad SMARTS) is 2. The minimum atomic E-state index is -1.10. The van der Waals surface area contributed by atoms with Crippen molar-refractivity contribution < 1.29 is 24.6 Å². The van der Waals surface area contributed by atoms with E-state index in [9.17, 15) is 19.5 Å². The van der Waals surface area contributed by atoms with Crippen molar-refractivity contribution in [1.82, 2.24) is 4.90 Å². The SMILES string of the molecule is CCCCC(C(=O)O)N(CCC(=O)O)C(=O)C=C(C)C. The van der Waals surface area contributed by atoms with Gasteiger partial charge in [0.05, 0.1) is 6.42 Å². The molecule has 0 aliphatic rings. The molecular weight excluding hydrogens is 262 g/mol. The molecule has 0 aliphatic carbocycles. The first-order valence-electron chi connectivity index (χ1n) is 6.69. The molecule has 1 atom stereocenters. The first kappa shape index (κ1) is 18.1. The second-order valence-electron chi connectivity index (χ2n) is 4.89. The van der Waals surface area contributed by atoms with Crippen LogP contribution in [0.1, 0.15) is 46.5 Å². The molecule has 0 bridgehead atoms. The molecule has 0 aromatic carbocycles. The minimum absolute atomic E-state index is 0.0986. The van der Waals surface area contributed by atoms with Gasteiger partial charge in [-0.1, -0.05) is 25.3 Å². The number of carboxylic acids is 2. The molecule has 0 spiro atoms. The Morgan fingerprint density at radius 3 is 2.20 bits per heavy atom. The quantitative estimate of drug-likeness (QED) is 0.631. The van der Waals surface area contributed by atoms with Gasteiger partial charge >= 0.3 is 11.9 Å². The third-order valence-electron chi connectivity index (χ3n) is 2.75. The second kappa shape index (κ2) is 9.12. The van der Waals surface area contributed by atoms with Gasteiger partial charge in [0.2, 0.25) is 5.91 Å². The van der Waals surface area contributed by atoms with Crippen LogP contribution >= 0.6 is 0 Å². The van der Waals surface area contributed by atoms with Crippen molar-refractivity contribution in [2.45, 2.75) is 52.5 Å². The van der Waals surface area contributed by atoms with Crippen molar-refractivity contribution in [3.05, 3.63) is 11.6 Å². The van der Waals surface area contributed by atoms with Gasteiger partial charge in [-0.3, -0.25) is 9.59 Å². The minimum Gasteiger partial charge on any atom is -0.481 e. The fourth-order valence-corrected chi connectivity index (χ4v) is 1.78. The summed E-state index contributed by atoms with van der Waals surface area (Å²) in [5.74, 6) is -2.60. The van der Waals surface area contributed by atoms with E-state index in [-0.39, 0.29) is 13.0 Å². The molecule has 2 N–H and O–H groups in total. The summed E-state index contributed by atoms with van der Waals surface area (Å²) >= 11 is 0.